The predicted octanol–water partition coefficient (Wildman–Crippen LogP) is 3.77. The first-order valence-corrected chi connectivity index (χ1v) is 9.11. The molecule has 136 valence electrons. The number of methoxy groups -OCH3 is 1. The number of rotatable bonds is 5. The minimum absolute atomic E-state index is 0.184. The van der Waals surface area contributed by atoms with E-state index in [0.717, 1.165) is 12.1 Å². The van der Waals surface area contributed by atoms with E-state index in [1.807, 2.05) is 0 Å². The number of ether oxygens (including phenoxy) is 1. The van der Waals surface area contributed by atoms with E-state index in [4.69, 9.17) is 22.1 Å². The van der Waals surface area contributed by atoms with Crippen molar-refractivity contribution in [3.63, 3.8) is 0 Å². The minimum Gasteiger partial charge on any atom is -0.495 e. The van der Waals surface area contributed by atoms with Gasteiger partial charge in [0.15, 0.2) is 9.84 Å². The molecule has 0 radical (unpaired) electrons. The van der Waals surface area contributed by atoms with Gasteiger partial charge in [-0.05, 0) is 35.4 Å². The van der Waals surface area contributed by atoms with Gasteiger partial charge in [0.05, 0.1) is 28.3 Å². The first-order valence-electron chi connectivity index (χ1n) is 7.08. The monoisotopic (exact) mass is 393 g/mol. The molecule has 2 N–H and O–H groups in total. The maximum atomic E-state index is 13.4. The summed E-state index contributed by atoms with van der Waals surface area (Å²) in [5.41, 5.74) is 4.54. The van der Waals surface area contributed by atoms with E-state index in [1.165, 1.54) is 31.4 Å². The second-order valence-electron chi connectivity index (χ2n) is 5.17. The van der Waals surface area contributed by atoms with Crippen molar-refractivity contribution in [1.29, 1.82) is 0 Å². The lowest BCUT2D eigenvalue weighted by Crippen LogP contribution is -2.20. The maximum absolute atomic E-state index is 13.4. The summed E-state index contributed by atoms with van der Waals surface area (Å²) in [5, 5.41) is 0.230. The summed E-state index contributed by atoms with van der Waals surface area (Å²) < 4.78 is 69.2. The highest BCUT2D eigenvalue weighted by Crippen LogP contribution is 2.38. The molecule has 2 aromatic carbocycles. The van der Waals surface area contributed by atoms with Gasteiger partial charge in [-0.2, -0.15) is 13.2 Å². The lowest BCUT2D eigenvalue weighted by molar-refractivity contribution is -0.139. The normalized spacial score (nSPS) is 12.2. The van der Waals surface area contributed by atoms with Crippen LogP contribution in [0.25, 0.3) is 11.1 Å². The number of hydrogen-bond acceptors (Lipinski definition) is 4. The predicted molar refractivity (Wildman–Crippen MR) is 89.5 cm³/mol. The van der Waals surface area contributed by atoms with Gasteiger partial charge >= 0.3 is 6.18 Å². The first kappa shape index (κ1) is 19.6. The molecule has 0 aromatic heterocycles. The van der Waals surface area contributed by atoms with Crippen molar-refractivity contribution < 1.29 is 26.3 Å². The molecule has 4 nitrogen and oxygen atoms in total. The summed E-state index contributed by atoms with van der Waals surface area (Å²) in [5.74, 6) is -0.187. The van der Waals surface area contributed by atoms with Gasteiger partial charge in [0.1, 0.15) is 5.75 Å². The first-order chi connectivity index (χ1) is 11.6. The molecular formula is C16H15ClF3NO3S. The lowest BCUT2D eigenvalue weighted by Gasteiger charge is -2.15. The summed E-state index contributed by atoms with van der Waals surface area (Å²) in [6.45, 7) is -0.268. The standard InChI is InChI=1S/C16H15ClF3NO3S/c1-24-14-4-2-11(9-13(14)17)10-3-5-15(25(22,23)7-6-21)12(8-10)16(18,19)20/h2-5,8-9H,6-7,21H2,1H3. The van der Waals surface area contributed by atoms with Crippen LogP contribution in [0.3, 0.4) is 0 Å². The molecule has 25 heavy (non-hydrogen) atoms. The topological polar surface area (TPSA) is 69.4 Å². The summed E-state index contributed by atoms with van der Waals surface area (Å²) in [6, 6.07) is 7.54. The van der Waals surface area contributed by atoms with Crippen molar-refractivity contribution in [2.75, 3.05) is 19.4 Å². The molecule has 0 aliphatic rings. The van der Waals surface area contributed by atoms with Crippen LogP contribution in [0.2, 0.25) is 5.02 Å². The largest absolute Gasteiger partial charge is 0.495 e. The van der Waals surface area contributed by atoms with Crippen LogP contribution in [-0.4, -0.2) is 27.8 Å². The summed E-state index contributed by atoms with van der Waals surface area (Å²) in [7, 11) is -2.72. The van der Waals surface area contributed by atoms with Gasteiger partial charge in [-0.25, -0.2) is 8.42 Å². The van der Waals surface area contributed by atoms with Crippen molar-refractivity contribution in [3.8, 4) is 16.9 Å². The molecule has 2 aromatic rings. The van der Waals surface area contributed by atoms with Crippen LogP contribution in [0, 0.1) is 0 Å². The molecule has 0 fully saturated rings. The van der Waals surface area contributed by atoms with E-state index >= 15 is 0 Å². The number of hydrogen-bond donors (Lipinski definition) is 1. The smallest absolute Gasteiger partial charge is 0.417 e. The molecule has 2 rings (SSSR count). The van der Waals surface area contributed by atoms with Gasteiger partial charge in [0.25, 0.3) is 0 Å². The van der Waals surface area contributed by atoms with Gasteiger partial charge in [-0.3, -0.25) is 0 Å². The van der Waals surface area contributed by atoms with E-state index in [0.29, 0.717) is 11.3 Å². The lowest BCUT2D eigenvalue weighted by atomic mass is 10.0. The van der Waals surface area contributed by atoms with Crippen LogP contribution in [0.4, 0.5) is 13.2 Å². The fourth-order valence-electron chi connectivity index (χ4n) is 2.31. The van der Waals surface area contributed by atoms with E-state index < -0.39 is 32.2 Å². The molecule has 0 unspecified atom stereocenters. The zero-order chi connectivity index (χ0) is 18.8. The van der Waals surface area contributed by atoms with Crippen molar-refractivity contribution in [3.05, 3.63) is 47.0 Å². The van der Waals surface area contributed by atoms with Crippen molar-refractivity contribution in [2.45, 2.75) is 11.1 Å². The van der Waals surface area contributed by atoms with Crippen LogP contribution in [-0.2, 0) is 16.0 Å². The molecule has 0 bridgehead atoms. The second-order valence-corrected chi connectivity index (χ2v) is 7.65. The number of benzene rings is 2. The van der Waals surface area contributed by atoms with Crippen LogP contribution in [0.1, 0.15) is 5.56 Å². The van der Waals surface area contributed by atoms with Gasteiger partial charge in [-0.1, -0.05) is 23.7 Å². The fraction of sp³-hybridized carbons (Fsp3) is 0.250. The Bertz CT molecular complexity index is 883. The van der Waals surface area contributed by atoms with Gasteiger partial charge in [-0.15, -0.1) is 0 Å². The van der Waals surface area contributed by atoms with Crippen LogP contribution < -0.4 is 10.5 Å². The number of nitrogens with two attached hydrogens (primary N) is 1. The second kappa shape index (κ2) is 7.23. The highest BCUT2D eigenvalue weighted by molar-refractivity contribution is 7.91. The molecular weight excluding hydrogens is 379 g/mol. The Morgan fingerprint density at radius 2 is 1.72 bits per heavy atom. The van der Waals surface area contributed by atoms with Crippen molar-refractivity contribution in [1.82, 2.24) is 0 Å². The minimum atomic E-state index is -4.83. The van der Waals surface area contributed by atoms with Gasteiger partial charge in [0.2, 0.25) is 0 Å². The molecule has 0 heterocycles. The molecule has 0 saturated carbocycles. The molecule has 0 atom stereocenters. The Morgan fingerprint density at radius 3 is 2.24 bits per heavy atom. The van der Waals surface area contributed by atoms with E-state index in [9.17, 15) is 21.6 Å². The molecule has 0 amide bonds. The third-order valence-electron chi connectivity index (χ3n) is 3.49. The molecule has 0 saturated heterocycles. The Morgan fingerprint density at radius 1 is 1.12 bits per heavy atom. The molecule has 0 spiro atoms. The summed E-state index contributed by atoms with van der Waals surface area (Å²) in [4.78, 5) is -0.784. The highest BCUT2D eigenvalue weighted by Gasteiger charge is 2.37. The number of sulfone groups is 1. The average molecular weight is 394 g/mol. The van der Waals surface area contributed by atoms with Gasteiger partial charge in [0, 0.05) is 6.54 Å². The highest BCUT2D eigenvalue weighted by atomic mass is 35.5. The third kappa shape index (κ3) is 4.26. The van der Waals surface area contributed by atoms with Gasteiger partial charge < -0.3 is 10.5 Å². The number of halogens is 4. The molecule has 9 heteroatoms. The molecule has 0 aliphatic heterocycles. The van der Waals surface area contributed by atoms with Crippen LogP contribution in [0.15, 0.2) is 41.3 Å². The van der Waals surface area contributed by atoms with Crippen LogP contribution >= 0.6 is 11.6 Å². The number of alkyl halides is 3. The van der Waals surface area contributed by atoms with E-state index in [2.05, 4.69) is 0 Å². The van der Waals surface area contributed by atoms with E-state index in [-0.39, 0.29) is 17.1 Å². The summed E-state index contributed by atoms with van der Waals surface area (Å²) in [6.07, 6.45) is -4.83. The van der Waals surface area contributed by atoms with Crippen molar-refractivity contribution >= 4 is 21.4 Å². The zero-order valence-corrected chi connectivity index (χ0v) is 14.7. The van der Waals surface area contributed by atoms with E-state index in [1.54, 1.807) is 0 Å². The maximum Gasteiger partial charge on any atom is 0.417 e. The summed E-state index contributed by atoms with van der Waals surface area (Å²) >= 11 is 6.00. The Balaban J connectivity index is 2.63. The Hall–Kier alpha value is -1.77. The van der Waals surface area contributed by atoms with Crippen LogP contribution in [0.5, 0.6) is 5.75 Å². The van der Waals surface area contributed by atoms with Crippen molar-refractivity contribution in [2.24, 2.45) is 5.73 Å². The quantitative estimate of drug-likeness (QED) is 0.839. The fourth-order valence-corrected chi connectivity index (χ4v) is 3.89. The average Bonchev–Trinajstić information content (AvgIpc) is 2.53. The molecule has 0 aliphatic carbocycles. The third-order valence-corrected chi connectivity index (χ3v) is 5.59. The zero-order valence-electron chi connectivity index (χ0n) is 13.1. The Kier molecular flexibility index (Phi) is 5.65. The SMILES string of the molecule is COc1ccc(-c2ccc(S(=O)(=O)CCN)c(C(F)(F)F)c2)cc1Cl. The Labute approximate surface area is 148 Å².